The number of carbonyl (C=O) groups excluding carboxylic acids is 3. The van der Waals surface area contributed by atoms with Crippen molar-refractivity contribution in [3.8, 4) is 0 Å². The number of hydroxylamine groups is 3. The van der Waals surface area contributed by atoms with Crippen LogP contribution in [0.25, 0.3) is 0 Å². The van der Waals surface area contributed by atoms with Gasteiger partial charge >= 0.3 is 18.3 Å². The molecule has 1 aromatic heterocycles. The van der Waals surface area contributed by atoms with Crippen molar-refractivity contribution in [2.75, 3.05) is 26.7 Å². The SMILES string of the molecule is C[N+]1(OC(=O)C(F)(F)F)CCN(C(=O)c2ccc(C(=O)C(F)(F)F)s2)[C@@H](c2ccccc2)C1. The molecule has 2 aromatic rings. The summed E-state index contributed by atoms with van der Waals surface area (Å²) in [5.41, 5.74) is 0.529. The maximum Gasteiger partial charge on any atom is 0.497 e. The number of halogens is 6. The van der Waals surface area contributed by atoms with Crippen molar-refractivity contribution in [2.24, 2.45) is 0 Å². The first-order valence-electron chi connectivity index (χ1n) is 9.44. The van der Waals surface area contributed by atoms with Crippen molar-refractivity contribution >= 4 is 29.0 Å². The van der Waals surface area contributed by atoms with Gasteiger partial charge in [0.25, 0.3) is 11.7 Å². The third-order valence-electron chi connectivity index (χ3n) is 5.03. The predicted molar refractivity (Wildman–Crippen MR) is 103 cm³/mol. The number of piperazine rings is 1. The average molecular weight is 495 g/mol. The van der Waals surface area contributed by atoms with Crippen LogP contribution in [0.15, 0.2) is 42.5 Å². The van der Waals surface area contributed by atoms with E-state index in [9.17, 15) is 40.7 Å². The Labute approximate surface area is 187 Å². The molecule has 0 saturated carbocycles. The van der Waals surface area contributed by atoms with Crippen LogP contribution in [0, 0.1) is 0 Å². The highest BCUT2D eigenvalue weighted by atomic mass is 32.1. The van der Waals surface area contributed by atoms with E-state index in [0.717, 1.165) is 12.1 Å². The van der Waals surface area contributed by atoms with Crippen molar-refractivity contribution in [1.82, 2.24) is 4.90 Å². The Morgan fingerprint density at radius 2 is 1.58 bits per heavy atom. The molecule has 1 aliphatic heterocycles. The molecule has 178 valence electrons. The Morgan fingerprint density at radius 3 is 2.15 bits per heavy atom. The van der Waals surface area contributed by atoms with Crippen molar-refractivity contribution in [2.45, 2.75) is 18.4 Å². The summed E-state index contributed by atoms with van der Waals surface area (Å²) in [6.45, 7) is -0.561. The summed E-state index contributed by atoms with van der Waals surface area (Å²) in [6.07, 6.45) is -10.3. The number of thiophene rings is 1. The van der Waals surface area contributed by atoms with Gasteiger partial charge in [0.1, 0.15) is 26.2 Å². The maximum atomic E-state index is 13.1. The molecular formula is C20H17F6N2O4S+. The summed E-state index contributed by atoms with van der Waals surface area (Å²) in [4.78, 5) is 41.1. The number of amides is 1. The Morgan fingerprint density at radius 1 is 0.970 bits per heavy atom. The second kappa shape index (κ2) is 8.78. The Balaban J connectivity index is 1.89. The third kappa shape index (κ3) is 5.53. The molecule has 1 saturated heterocycles. The number of hydrogen-bond acceptors (Lipinski definition) is 5. The molecule has 0 N–H and O–H groups in total. The molecule has 1 aliphatic rings. The normalized spacial score (nSPS) is 21.5. The van der Waals surface area contributed by atoms with E-state index in [1.807, 2.05) is 0 Å². The quantitative estimate of drug-likeness (QED) is 0.363. The fourth-order valence-electron chi connectivity index (χ4n) is 3.43. The summed E-state index contributed by atoms with van der Waals surface area (Å²) < 4.78 is 75.5. The highest BCUT2D eigenvalue weighted by molar-refractivity contribution is 7.16. The highest BCUT2D eigenvalue weighted by Gasteiger charge is 2.50. The van der Waals surface area contributed by atoms with Crippen LogP contribution in [-0.4, -0.2) is 66.2 Å². The number of nitrogens with zero attached hydrogens (tertiary/aromatic N) is 2. The largest absolute Gasteiger partial charge is 0.497 e. The fourth-order valence-corrected chi connectivity index (χ4v) is 4.35. The molecule has 13 heteroatoms. The number of hydrogen-bond donors (Lipinski definition) is 0. The lowest BCUT2D eigenvalue weighted by Gasteiger charge is -2.43. The van der Waals surface area contributed by atoms with Gasteiger partial charge in [-0.3, -0.25) is 14.4 Å². The number of carbonyl (C=O) groups is 3. The van der Waals surface area contributed by atoms with E-state index >= 15 is 0 Å². The summed E-state index contributed by atoms with van der Waals surface area (Å²) >= 11 is 0.381. The predicted octanol–water partition coefficient (Wildman–Crippen LogP) is 4.16. The first-order chi connectivity index (χ1) is 15.2. The van der Waals surface area contributed by atoms with Gasteiger partial charge < -0.3 is 4.90 Å². The standard InChI is InChI=1S/C20H17F6N2O4S/c1-28(32-18(31)20(24,25)26)10-9-27(13(11-28)12-5-3-2-4-6-12)17(30)15-8-7-14(33-15)16(29)19(21,22)23/h2-8,13H,9-11H2,1H3/q+1/t13-,28?/m1/s1. The Hall–Kier alpha value is -2.93. The topological polar surface area (TPSA) is 63.7 Å². The molecule has 0 bridgehead atoms. The van der Waals surface area contributed by atoms with Gasteiger partial charge in [-0.05, 0) is 17.7 Å². The van der Waals surface area contributed by atoms with E-state index in [2.05, 4.69) is 4.84 Å². The molecule has 3 rings (SSSR count). The number of quaternary nitrogens is 1. The first kappa shape index (κ1) is 24.7. The summed E-state index contributed by atoms with van der Waals surface area (Å²) in [5.74, 6) is -5.14. The van der Waals surface area contributed by atoms with Crippen LogP contribution in [0.3, 0.4) is 0 Å². The van der Waals surface area contributed by atoms with Crippen LogP contribution >= 0.6 is 11.3 Å². The van der Waals surface area contributed by atoms with Crippen molar-refractivity contribution in [3.63, 3.8) is 0 Å². The molecule has 6 nitrogen and oxygen atoms in total. The number of ketones is 1. The summed E-state index contributed by atoms with van der Waals surface area (Å²) in [5, 5.41) is 0. The lowest BCUT2D eigenvalue weighted by Crippen LogP contribution is -2.60. The van der Waals surface area contributed by atoms with Gasteiger partial charge in [0, 0.05) is 0 Å². The van der Waals surface area contributed by atoms with Gasteiger partial charge in [0.05, 0.1) is 16.3 Å². The minimum Gasteiger partial charge on any atom is -0.319 e. The smallest absolute Gasteiger partial charge is 0.319 e. The number of rotatable bonds is 4. The Kier molecular flexibility index (Phi) is 6.58. The zero-order valence-corrected chi connectivity index (χ0v) is 17.8. The first-order valence-corrected chi connectivity index (χ1v) is 10.3. The van der Waals surface area contributed by atoms with Crippen molar-refractivity contribution in [1.29, 1.82) is 0 Å². The number of alkyl halides is 6. The van der Waals surface area contributed by atoms with E-state index in [4.69, 9.17) is 0 Å². The van der Waals surface area contributed by atoms with Gasteiger partial charge in [0.2, 0.25) is 0 Å². The molecule has 0 aliphatic carbocycles. The average Bonchev–Trinajstić information content (AvgIpc) is 3.22. The number of likely N-dealkylation sites (N-methyl/N-ethyl adjacent to an activating group) is 1. The molecule has 1 amide bonds. The second-order valence-corrected chi connectivity index (χ2v) is 8.58. The van der Waals surface area contributed by atoms with Gasteiger partial charge in [-0.2, -0.15) is 26.3 Å². The zero-order chi connectivity index (χ0) is 24.6. The molecule has 1 aromatic carbocycles. The van der Waals surface area contributed by atoms with E-state index in [-0.39, 0.29) is 24.5 Å². The molecule has 2 atom stereocenters. The minimum absolute atomic E-state index is 0.132. The summed E-state index contributed by atoms with van der Waals surface area (Å²) in [7, 11) is 1.27. The maximum absolute atomic E-state index is 13.1. The van der Waals surface area contributed by atoms with Crippen LogP contribution in [0.4, 0.5) is 26.3 Å². The zero-order valence-electron chi connectivity index (χ0n) is 16.9. The number of benzene rings is 1. The Bertz CT molecular complexity index is 1050. The second-order valence-electron chi connectivity index (χ2n) is 7.50. The molecular weight excluding hydrogens is 478 g/mol. The van der Waals surface area contributed by atoms with E-state index in [1.165, 1.54) is 11.9 Å². The monoisotopic (exact) mass is 495 g/mol. The van der Waals surface area contributed by atoms with E-state index < -0.39 is 45.6 Å². The molecule has 0 radical (unpaired) electrons. The molecule has 1 unspecified atom stereocenters. The number of Topliss-reactive ketones (excluding diaryl/α,β-unsaturated/α-hetero) is 1. The van der Waals surface area contributed by atoms with Crippen LogP contribution in [-0.2, 0) is 9.63 Å². The van der Waals surface area contributed by atoms with Crippen LogP contribution < -0.4 is 0 Å². The summed E-state index contributed by atoms with van der Waals surface area (Å²) in [6, 6.07) is 9.37. The van der Waals surface area contributed by atoms with Crippen LogP contribution in [0.1, 0.15) is 30.9 Å². The highest BCUT2D eigenvalue weighted by Crippen LogP contribution is 2.33. The van der Waals surface area contributed by atoms with Crippen molar-refractivity contribution < 1.29 is 50.2 Å². The van der Waals surface area contributed by atoms with E-state index in [1.54, 1.807) is 30.3 Å². The molecule has 1 fully saturated rings. The fraction of sp³-hybridized carbons (Fsp3) is 0.350. The third-order valence-corrected chi connectivity index (χ3v) is 6.10. The molecule has 0 spiro atoms. The molecule has 2 heterocycles. The van der Waals surface area contributed by atoms with Crippen LogP contribution in [0.2, 0.25) is 0 Å². The van der Waals surface area contributed by atoms with Gasteiger partial charge in [-0.1, -0.05) is 30.3 Å². The van der Waals surface area contributed by atoms with Gasteiger partial charge in [-0.25, -0.2) is 4.79 Å². The van der Waals surface area contributed by atoms with Gasteiger partial charge in [0.15, 0.2) is 0 Å². The van der Waals surface area contributed by atoms with Crippen LogP contribution in [0.5, 0.6) is 0 Å². The lowest BCUT2D eigenvalue weighted by atomic mass is 10.0. The van der Waals surface area contributed by atoms with E-state index in [0.29, 0.717) is 16.9 Å². The van der Waals surface area contributed by atoms with Gasteiger partial charge in [-0.15, -0.1) is 16.0 Å². The van der Waals surface area contributed by atoms with Crippen molar-refractivity contribution in [3.05, 3.63) is 57.8 Å². The molecule has 33 heavy (non-hydrogen) atoms. The lowest BCUT2D eigenvalue weighted by molar-refractivity contribution is -1.08. The minimum atomic E-state index is -5.20.